The zero-order valence-electron chi connectivity index (χ0n) is 10.4. The number of rotatable bonds is 4. The Morgan fingerprint density at radius 1 is 1.06 bits per heavy atom. The first-order chi connectivity index (χ1) is 8.31. The molecule has 0 aliphatic heterocycles. The van der Waals surface area contributed by atoms with Crippen LogP contribution in [0.15, 0.2) is 48.8 Å². The summed E-state index contributed by atoms with van der Waals surface area (Å²) in [6, 6.07) is 12.7. The molecule has 1 aromatic carbocycles. The fourth-order valence-corrected chi connectivity index (χ4v) is 1.87. The largest absolute Gasteiger partial charge is 0.340 e. The first kappa shape index (κ1) is 11.6. The molecule has 1 aromatic heterocycles. The van der Waals surface area contributed by atoms with Crippen molar-refractivity contribution in [3.8, 4) is 0 Å². The van der Waals surface area contributed by atoms with Gasteiger partial charge >= 0.3 is 0 Å². The van der Waals surface area contributed by atoms with E-state index in [1.165, 1.54) is 11.3 Å². The number of anilines is 2. The Bertz CT molecular complexity index is 448. The Morgan fingerprint density at radius 3 is 2.41 bits per heavy atom. The van der Waals surface area contributed by atoms with Crippen LogP contribution in [0, 0.1) is 6.92 Å². The maximum absolute atomic E-state index is 4.19. The molecule has 1 heterocycles. The first-order valence-electron chi connectivity index (χ1n) is 6.05. The molecule has 2 nitrogen and oxygen atoms in total. The molecule has 0 fully saturated rings. The molecule has 0 bridgehead atoms. The van der Waals surface area contributed by atoms with Crippen molar-refractivity contribution in [1.29, 1.82) is 0 Å². The number of pyridine rings is 1. The third-order valence-corrected chi connectivity index (χ3v) is 2.75. The standard InChI is InChI=1S/C15H18N2/c1-3-11-17(15-5-4-10-16-12-15)14-8-6-13(2)7-9-14/h4-10,12H,3,11H2,1-2H3. The number of benzene rings is 1. The van der Waals surface area contributed by atoms with Crippen LogP contribution in [0.25, 0.3) is 0 Å². The molecular formula is C15H18N2. The molecule has 2 aromatic rings. The summed E-state index contributed by atoms with van der Waals surface area (Å²) >= 11 is 0. The average Bonchev–Trinajstić information content (AvgIpc) is 2.38. The SMILES string of the molecule is CCCN(c1ccc(C)cc1)c1cccnc1. The topological polar surface area (TPSA) is 16.1 Å². The van der Waals surface area contributed by atoms with Gasteiger partial charge in [-0.15, -0.1) is 0 Å². The second-order valence-electron chi connectivity index (χ2n) is 4.20. The lowest BCUT2D eigenvalue weighted by Crippen LogP contribution is -2.17. The molecule has 2 heteroatoms. The number of hydrogen-bond donors (Lipinski definition) is 0. The van der Waals surface area contributed by atoms with Gasteiger partial charge in [0, 0.05) is 18.4 Å². The summed E-state index contributed by atoms with van der Waals surface area (Å²) in [4.78, 5) is 6.49. The molecular weight excluding hydrogens is 208 g/mol. The van der Waals surface area contributed by atoms with Gasteiger partial charge in [0.15, 0.2) is 0 Å². The van der Waals surface area contributed by atoms with Crippen molar-refractivity contribution in [3.63, 3.8) is 0 Å². The lowest BCUT2D eigenvalue weighted by Gasteiger charge is -2.24. The van der Waals surface area contributed by atoms with E-state index < -0.39 is 0 Å². The first-order valence-corrected chi connectivity index (χ1v) is 6.05. The summed E-state index contributed by atoms with van der Waals surface area (Å²) in [6.07, 6.45) is 4.83. The van der Waals surface area contributed by atoms with Gasteiger partial charge in [-0.25, -0.2) is 0 Å². The van der Waals surface area contributed by atoms with Crippen LogP contribution in [-0.4, -0.2) is 11.5 Å². The van der Waals surface area contributed by atoms with E-state index in [0.717, 1.165) is 18.7 Å². The Balaban J connectivity index is 2.32. The normalized spacial score (nSPS) is 10.2. The number of hydrogen-bond acceptors (Lipinski definition) is 2. The molecule has 0 spiro atoms. The number of aryl methyl sites for hydroxylation is 1. The van der Waals surface area contributed by atoms with Gasteiger partial charge in [-0.1, -0.05) is 24.6 Å². The Morgan fingerprint density at radius 2 is 1.82 bits per heavy atom. The molecule has 0 unspecified atom stereocenters. The fraction of sp³-hybridized carbons (Fsp3) is 0.267. The third-order valence-electron chi connectivity index (χ3n) is 2.75. The Labute approximate surface area is 103 Å². The monoisotopic (exact) mass is 226 g/mol. The summed E-state index contributed by atoms with van der Waals surface area (Å²) in [5.41, 5.74) is 3.67. The van der Waals surface area contributed by atoms with E-state index in [-0.39, 0.29) is 0 Å². The number of nitrogens with zero attached hydrogens (tertiary/aromatic N) is 2. The molecule has 0 saturated carbocycles. The van der Waals surface area contributed by atoms with Crippen LogP contribution in [0.2, 0.25) is 0 Å². The van der Waals surface area contributed by atoms with Gasteiger partial charge in [0.05, 0.1) is 11.9 Å². The maximum atomic E-state index is 4.19. The molecule has 88 valence electrons. The van der Waals surface area contributed by atoms with Crippen molar-refractivity contribution >= 4 is 11.4 Å². The smallest absolute Gasteiger partial charge is 0.0597 e. The van der Waals surface area contributed by atoms with Gasteiger partial charge in [0.25, 0.3) is 0 Å². The molecule has 0 amide bonds. The summed E-state index contributed by atoms with van der Waals surface area (Å²) < 4.78 is 0. The van der Waals surface area contributed by atoms with Crippen molar-refractivity contribution in [2.75, 3.05) is 11.4 Å². The summed E-state index contributed by atoms with van der Waals surface area (Å²) in [7, 11) is 0. The predicted molar refractivity (Wildman–Crippen MR) is 72.7 cm³/mol. The summed E-state index contributed by atoms with van der Waals surface area (Å²) in [6.45, 7) is 5.31. The van der Waals surface area contributed by atoms with Gasteiger partial charge in [0.2, 0.25) is 0 Å². The molecule has 0 atom stereocenters. The quantitative estimate of drug-likeness (QED) is 0.785. The molecule has 0 radical (unpaired) electrons. The van der Waals surface area contributed by atoms with E-state index in [9.17, 15) is 0 Å². The summed E-state index contributed by atoms with van der Waals surface area (Å²) in [5.74, 6) is 0. The third kappa shape index (κ3) is 2.84. The predicted octanol–water partition coefficient (Wildman–Crippen LogP) is 3.94. The zero-order valence-corrected chi connectivity index (χ0v) is 10.4. The highest BCUT2D eigenvalue weighted by molar-refractivity contribution is 5.62. The van der Waals surface area contributed by atoms with E-state index in [4.69, 9.17) is 0 Å². The van der Waals surface area contributed by atoms with Crippen molar-refractivity contribution in [3.05, 3.63) is 54.4 Å². The van der Waals surface area contributed by atoms with Crippen molar-refractivity contribution < 1.29 is 0 Å². The number of aromatic nitrogens is 1. The minimum Gasteiger partial charge on any atom is -0.340 e. The minimum atomic E-state index is 1.01. The van der Waals surface area contributed by atoms with Gasteiger partial charge in [-0.2, -0.15) is 0 Å². The minimum absolute atomic E-state index is 1.01. The van der Waals surface area contributed by atoms with Crippen LogP contribution in [0.1, 0.15) is 18.9 Å². The van der Waals surface area contributed by atoms with E-state index in [1.807, 2.05) is 18.5 Å². The molecule has 0 N–H and O–H groups in total. The van der Waals surface area contributed by atoms with Crippen LogP contribution in [-0.2, 0) is 0 Å². The van der Waals surface area contributed by atoms with Gasteiger partial charge < -0.3 is 4.90 Å². The van der Waals surface area contributed by atoms with Crippen molar-refractivity contribution in [1.82, 2.24) is 4.98 Å². The van der Waals surface area contributed by atoms with Gasteiger partial charge in [0.1, 0.15) is 0 Å². The molecule has 0 saturated heterocycles. The molecule has 0 aliphatic rings. The average molecular weight is 226 g/mol. The van der Waals surface area contributed by atoms with E-state index >= 15 is 0 Å². The second-order valence-corrected chi connectivity index (χ2v) is 4.20. The Hall–Kier alpha value is -1.83. The molecule has 17 heavy (non-hydrogen) atoms. The van der Waals surface area contributed by atoms with Gasteiger partial charge in [-0.3, -0.25) is 4.98 Å². The van der Waals surface area contributed by atoms with Crippen molar-refractivity contribution in [2.24, 2.45) is 0 Å². The van der Waals surface area contributed by atoms with Crippen LogP contribution in [0.4, 0.5) is 11.4 Å². The molecule has 2 rings (SSSR count). The van der Waals surface area contributed by atoms with Crippen LogP contribution >= 0.6 is 0 Å². The van der Waals surface area contributed by atoms with E-state index in [2.05, 4.69) is 54.1 Å². The van der Waals surface area contributed by atoms with Crippen LogP contribution in [0.3, 0.4) is 0 Å². The van der Waals surface area contributed by atoms with Crippen LogP contribution in [0.5, 0.6) is 0 Å². The van der Waals surface area contributed by atoms with Gasteiger partial charge in [-0.05, 0) is 37.6 Å². The van der Waals surface area contributed by atoms with E-state index in [1.54, 1.807) is 0 Å². The lowest BCUT2D eigenvalue weighted by atomic mass is 10.2. The summed E-state index contributed by atoms with van der Waals surface area (Å²) in [5, 5.41) is 0. The fourth-order valence-electron chi connectivity index (χ4n) is 1.87. The second kappa shape index (κ2) is 5.48. The molecule has 0 aliphatic carbocycles. The lowest BCUT2D eigenvalue weighted by molar-refractivity contribution is 0.883. The van der Waals surface area contributed by atoms with Crippen LogP contribution < -0.4 is 4.90 Å². The highest BCUT2D eigenvalue weighted by Gasteiger charge is 2.07. The Kier molecular flexibility index (Phi) is 3.76. The highest BCUT2D eigenvalue weighted by Crippen LogP contribution is 2.24. The zero-order chi connectivity index (χ0) is 12.1. The maximum Gasteiger partial charge on any atom is 0.0597 e. The van der Waals surface area contributed by atoms with Crippen molar-refractivity contribution in [2.45, 2.75) is 20.3 Å². The highest BCUT2D eigenvalue weighted by atomic mass is 15.1. The van der Waals surface area contributed by atoms with E-state index in [0.29, 0.717) is 0 Å².